The highest BCUT2D eigenvalue weighted by atomic mass is 28.4. The summed E-state index contributed by atoms with van der Waals surface area (Å²) in [5.41, 5.74) is 5.25. The molecule has 0 aromatic carbocycles. The molecule has 54 valence electrons. The first-order chi connectivity index (χ1) is 3.92. The molecular formula is C5H14N2OSi. The zero-order valence-corrected chi connectivity index (χ0v) is 7.43. The third kappa shape index (κ3) is 7.49. The number of hydrogen-bond acceptors (Lipinski definition) is 2. The summed E-state index contributed by atoms with van der Waals surface area (Å²) in [7, 11) is -1.49. The smallest absolute Gasteiger partial charge is 0.278 e. The molecule has 0 atom stereocenters. The van der Waals surface area contributed by atoms with E-state index in [-0.39, 0.29) is 0 Å². The minimum absolute atomic E-state index is 0.484. The zero-order valence-electron chi connectivity index (χ0n) is 6.43. The fraction of sp³-hybridized carbons (Fsp3) is 0.800. The number of nitrogens with two attached hydrogens (primary N) is 1. The van der Waals surface area contributed by atoms with Crippen molar-refractivity contribution in [1.29, 1.82) is 0 Å². The summed E-state index contributed by atoms with van der Waals surface area (Å²) in [5.74, 6) is 0.484. The summed E-state index contributed by atoms with van der Waals surface area (Å²) >= 11 is 0. The quantitative estimate of drug-likeness (QED) is 0.275. The zero-order chi connectivity index (χ0) is 7.49. The van der Waals surface area contributed by atoms with Gasteiger partial charge in [0.2, 0.25) is 0 Å². The molecule has 0 spiro atoms. The minimum Gasteiger partial charge on any atom is -0.454 e. The standard InChI is InChI=1S/C5H14N2OSi/c1-5(6)7-8-9(2,3)4/h1-4H3,(H2,6,7). The fourth-order valence-electron chi connectivity index (χ4n) is 0.209. The van der Waals surface area contributed by atoms with Crippen LogP contribution < -0.4 is 5.73 Å². The van der Waals surface area contributed by atoms with Gasteiger partial charge in [0.05, 0.1) is 0 Å². The molecule has 0 unspecified atom stereocenters. The second-order valence-electron chi connectivity index (χ2n) is 2.94. The van der Waals surface area contributed by atoms with Crippen molar-refractivity contribution in [2.24, 2.45) is 10.9 Å². The summed E-state index contributed by atoms with van der Waals surface area (Å²) < 4.78 is 5.09. The molecule has 4 heteroatoms. The van der Waals surface area contributed by atoms with Crippen molar-refractivity contribution in [2.45, 2.75) is 26.6 Å². The van der Waals surface area contributed by atoms with Crippen LogP contribution in [0, 0.1) is 0 Å². The minimum atomic E-state index is -1.49. The van der Waals surface area contributed by atoms with Gasteiger partial charge in [-0.2, -0.15) is 0 Å². The lowest BCUT2D eigenvalue weighted by atomic mass is 10.7. The molecule has 0 aromatic heterocycles. The summed E-state index contributed by atoms with van der Waals surface area (Å²) in [4.78, 5) is 0. The molecule has 3 nitrogen and oxygen atoms in total. The second kappa shape index (κ2) is 2.86. The van der Waals surface area contributed by atoms with Crippen molar-refractivity contribution < 1.29 is 4.53 Å². The first kappa shape index (κ1) is 8.49. The third-order valence-electron chi connectivity index (χ3n) is 0.463. The maximum atomic E-state index is 5.25. The number of hydrogen-bond donors (Lipinski definition) is 1. The van der Waals surface area contributed by atoms with E-state index in [0.29, 0.717) is 5.84 Å². The van der Waals surface area contributed by atoms with Crippen LogP contribution in [-0.2, 0) is 4.53 Å². The molecule has 0 rings (SSSR count). The van der Waals surface area contributed by atoms with E-state index >= 15 is 0 Å². The van der Waals surface area contributed by atoms with Crippen molar-refractivity contribution in [3.05, 3.63) is 0 Å². The summed E-state index contributed by atoms with van der Waals surface area (Å²) in [6.07, 6.45) is 0. The van der Waals surface area contributed by atoms with Gasteiger partial charge < -0.3 is 10.3 Å². The Bertz CT molecular complexity index is 113. The Balaban J connectivity index is 3.64. The molecule has 0 saturated heterocycles. The molecule has 0 saturated carbocycles. The molecule has 0 aliphatic rings. The van der Waals surface area contributed by atoms with Crippen molar-refractivity contribution in [3.63, 3.8) is 0 Å². The average molecular weight is 146 g/mol. The lowest BCUT2D eigenvalue weighted by molar-refractivity contribution is 0.334. The van der Waals surface area contributed by atoms with Crippen LogP contribution in [0.1, 0.15) is 6.92 Å². The summed E-state index contributed by atoms with van der Waals surface area (Å²) in [6, 6.07) is 0. The highest BCUT2D eigenvalue weighted by Gasteiger charge is 2.15. The van der Waals surface area contributed by atoms with Crippen LogP contribution in [0.25, 0.3) is 0 Å². The molecule has 0 aliphatic carbocycles. The Morgan fingerprint density at radius 3 is 2.00 bits per heavy atom. The van der Waals surface area contributed by atoms with E-state index in [1.165, 1.54) is 0 Å². The molecule has 0 radical (unpaired) electrons. The SMILES string of the molecule is C/C(N)=N/O[Si](C)(C)C. The Hall–Kier alpha value is -0.513. The molecule has 0 aliphatic heterocycles. The predicted octanol–water partition coefficient (Wildman–Crippen LogP) is 1.13. The number of amidine groups is 1. The molecule has 0 aromatic rings. The van der Waals surface area contributed by atoms with Gasteiger partial charge in [0, 0.05) is 0 Å². The van der Waals surface area contributed by atoms with Crippen LogP contribution >= 0.6 is 0 Å². The van der Waals surface area contributed by atoms with Gasteiger partial charge in [-0.05, 0) is 26.6 Å². The lowest BCUT2D eigenvalue weighted by Crippen LogP contribution is -2.23. The van der Waals surface area contributed by atoms with Gasteiger partial charge in [0.15, 0.2) is 0 Å². The highest BCUT2D eigenvalue weighted by Crippen LogP contribution is 2.01. The number of rotatable bonds is 2. The Morgan fingerprint density at radius 1 is 1.44 bits per heavy atom. The predicted molar refractivity (Wildman–Crippen MR) is 41.7 cm³/mol. The van der Waals surface area contributed by atoms with Gasteiger partial charge >= 0.3 is 0 Å². The van der Waals surface area contributed by atoms with Gasteiger partial charge in [-0.15, -0.1) is 0 Å². The van der Waals surface area contributed by atoms with Crippen LogP contribution in [0.2, 0.25) is 19.6 Å². The molecule has 0 bridgehead atoms. The van der Waals surface area contributed by atoms with Gasteiger partial charge in [0.1, 0.15) is 5.84 Å². The monoisotopic (exact) mass is 146 g/mol. The van der Waals surface area contributed by atoms with Crippen LogP contribution in [0.4, 0.5) is 0 Å². The summed E-state index contributed by atoms with van der Waals surface area (Å²) in [5, 5.41) is 3.65. The van der Waals surface area contributed by atoms with Gasteiger partial charge in [-0.3, -0.25) is 0 Å². The van der Waals surface area contributed by atoms with Gasteiger partial charge in [-0.1, -0.05) is 5.16 Å². The summed E-state index contributed by atoms with van der Waals surface area (Å²) in [6.45, 7) is 7.87. The van der Waals surface area contributed by atoms with Crippen LogP contribution in [0.5, 0.6) is 0 Å². The molecular weight excluding hydrogens is 132 g/mol. The van der Waals surface area contributed by atoms with Gasteiger partial charge in [0.25, 0.3) is 8.32 Å². The number of nitrogens with zero attached hydrogens (tertiary/aromatic N) is 1. The third-order valence-corrected chi connectivity index (χ3v) is 1.10. The van der Waals surface area contributed by atoms with Crippen LogP contribution in [0.3, 0.4) is 0 Å². The molecule has 0 fully saturated rings. The average Bonchev–Trinajstić information content (AvgIpc) is 1.59. The van der Waals surface area contributed by atoms with Crippen molar-refractivity contribution in [2.75, 3.05) is 0 Å². The van der Waals surface area contributed by atoms with Gasteiger partial charge in [-0.25, -0.2) is 0 Å². The van der Waals surface area contributed by atoms with E-state index in [1.54, 1.807) is 6.92 Å². The van der Waals surface area contributed by atoms with Crippen LogP contribution in [-0.4, -0.2) is 14.2 Å². The van der Waals surface area contributed by atoms with E-state index in [1.807, 2.05) is 0 Å². The first-order valence-corrected chi connectivity index (χ1v) is 6.31. The fourth-order valence-corrected chi connectivity index (χ4v) is 0.627. The van der Waals surface area contributed by atoms with Crippen LogP contribution in [0.15, 0.2) is 5.16 Å². The molecule has 9 heavy (non-hydrogen) atoms. The maximum absolute atomic E-state index is 5.25. The number of oxime groups is 1. The van der Waals surface area contributed by atoms with E-state index in [2.05, 4.69) is 24.8 Å². The largest absolute Gasteiger partial charge is 0.454 e. The van der Waals surface area contributed by atoms with Crippen molar-refractivity contribution in [3.8, 4) is 0 Å². The highest BCUT2D eigenvalue weighted by molar-refractivity contribution is 6.69. The topological polar surface area (TPSA) is 47.6 Å². The van der Waals surface area contributed by atoms with E-state index in [9.17, 15) is 0 Å². The van der Waals surface area contributed by atoms with Crippen molar-refractivity contribution in [1.82, 2.24) is 0 Å². The van der Waals surface area contributed by atoms with E-state index < -0.39 is 8.32 Å². The Labute approximate surface area is 57.0 Å². The molecule has 0 amide bonds. The molecule has 0 heterocycles. The Kier molecular flexibility index (Phi) is 2.70. The van der Waals surface area contributed by atoms with E-state index in [4.69, 9.17) is 10.3 Å². The normalized spacial score (nSPS) is 13.6. The van der Waals surface area contributed by atoms with Crippen molar-refractivity contribution >= 4 is 14.2 Å². The lowest BCUT2D eigenvalue weighted by Gasteiger charge is -2.12. The Morgan fingerprint density at radius 2 is 1.89 bits per heavy atom. The molecule has 2 N–H and O–H groups in total. The first-order valence-electron chi connectivity index (χ1n) is 2.90. The second-order valence-corrected chi connectivity index (χ2v) is 7.34. The van der Waals surface area contributed by atoms with E-state index in [0.717, 1.165) is 0 Å². The maximum Gasteiger partial charge on any atom is 0.278 e.